The molecule has 0 fully saturated rings. The monoisotopic (exact) mass is 316 g/mol. The summed E-state index contributed by atoms with van der Waals surface area (Å²) in [5.74, 6) is 0. The summed E-state index contributed by atoms with van der Waals surface area (Å²) in [6.07, 6.45) is 2.44. The van der Waals surface area contributed by atoms with Crippen molar-refractivity contribution >= 4 is 11.4 Å². The number of nitrogen functional groups attached to an aromatic ring is 1. The van der Waals surface area contributed by atoms with Crippen molar-refractivity contribution in [3.8, 4) is 12.1 Å². The zero-order valence-electron chi connectivity index (χ0n) is 10.9. The first-order valence-corrected chi connectivity index (χ1v) is 5.54. The Bertz CT molecular complexity index is 900. The van der Waals surface area contributed by atoms with E-state index in [1.54, 1.807) is 6.07 Å². The maximum absolute atomic E-state index is 10.7. The van der Waals surface area contributed by atoms with Gasteiger partial charge in [0.2, 0.25) is 0 Å². The Kier molecular flexibility index (Phi) is 6.96. The Balaban J connectivity index is 0.000000409. The third-order valence-electron chi connectivity index (χ3n) is 2.27. The molecular formula is C13H12N6O4. The van der Waals surface area contributed by atoms with Crippen LogP contribution in [0.15, 0.2) is 34.1 Å². The molecule has 0 aliphatic carbocycles. The molecule has 0 unspecified atom stereocenters. The normalized spacial score (nSPS) is 8.43. The Morgan fingerprint density at radius 3 is 1.96 bits per heavy atom. The fraction of sp³-hybridized carbons (Fsp3) is 0.0769. The summed E-state index contributed by atoms with van der Waals surface area (Å²) < 4.78 is 0. The maximum Gasteiger partial charge on any atom is 0.335 e. The van der Waals surface area contributed by atoms with Crippen molar-refractivity contribution in [1.82, 2.24) is 9.97 Å². The number of anilines is 1. The second-order valence-corrected chi connectivity index (χ2v) is 3.76. The molecule has 0 spiro atoms. The number of H-pyrrole nitrogens is 2. The van der Waals surface area contributed by atoms with E-state index in [0.29, 0.717) is 5.56 Å². The molecule has 0 aliphatic heterocycles. The average molecular weight is 316 g/mol. The minimum absolute atomic E-state index is 0. The van der Waals surface area contributed by atoms with Gasteiger partial charge in [-0.25, -0.2) is 0 Å². The lowest BCUT2D eigenvalue weighted by molar-refractivity contribution is -0.386. The molecule has 23 heavy (non-hydrogen) atoms. The summed E-state index contributed by atoms with van der Waals surface area (Å²) in [6, 6.07) is 5.78. The van der Waals surface area contributed by atoms with Crippen LogP contribution in [0.1, 0.15) is 18.6 Å². The molecular weight excluding hydrogens is 304 g/mol. The minimum Gasteiger partial charge on any atom is -0.394 e. The summed E-state index contributed by atoms with van der Waals surface area (Å²) in [5.41, 5.74) is 3.90. The van der Waals surface area contributed by atoms with Gasteiger partial charge in [0.05, 0.1) is 21.7 Å². The van der Waals surface area contributed by atoms with Gasteiger partial charge in [-0.3, -0.25) is 19.7 Å². The number of nitriles is 2. The second-order valence-electron chi connectivity index (χ2n) is 3.76. The number of nitrogens with two attached hydrogens (primary N) is 1. The van der Waals surface area contributed by atoms with Crippen LogP contribution in [-0.2, 0) is 0 Å². The SMILES string of the molecule is C.N#Cc1c[nH]c(=O)c(N)c1.N#Cc1c[nH]c(=O)c([N+](=O)[O-])c1. The van der Waals surface area contributed by atoms with Crippen LogP contribution < -0.4 is 16.9 Å². The van der Waals surface area contributed by atoms with Gasteiger partial charge in [-0.15, -0.1) is 0 Å². The van der Waals surface area contributed by atoms with Gasteiger partial charge in [-0.2, -0.15) is 10.5 Å². The number of nitrogens with zero attached hydrogens (tertiary/aromatic N) is 3. The third-order valence-corrected chi connectivity index (χ3v) is 2.27. The number of rotatable bonds is 1. The molecule has 0 radical (unpaired) electrons. The van der Waals surface area contributed by atoms with Gasteiger partial charge < -0.3 is 15.7 Å². The molecule has 2 heterocycles. The quantitative estimate of drug-likeness (QED) is 0.508. The molecule has 0 aromatic carbocycles. The molecule has 4 N–H and O–H groups in total. The van der Waals surface area contributed by atoms with E-state index in [2.05, 4.69) is 9.97 Å². The summed E-state index contributed by atoms with van der Waals surface area (Å²) in [6.45, 7) is 0. The molecule has 0 aliphatic rings. The van der Waals surface area contributed by atoms with Gasteiger partial charge in [0.25, 0.3) is 5.56 Å². The predicted octanol–water partition coefficient (Wildman–Crippen LogP) is 0.620. The summed E-state index contributed by atoms with van der Waals surface area (Å²) in [7, 11) is 0. The van der Waals surface area contributed by atoms with Crippen LogP contribution in [0, 0.1) is 32.8 Å². The topological polar surface area (TPSA) is 182 Å². The lowest BCUT2D eigenvalue weighted by Crippen LogP contribution is -2.10. The number of pyridine rings is 2. The Morgan fingerprint density at radius 2 is 1.52 bits per heavy atom. The standard InChI is InChI=1S/C6H3N3O3.C6H5N3O.CH4/c7-2-4-1-5(9(11)12)6(10)8-3-4;7-2-4-1-5(8)6(10)9-3-4;/h1,3H,(H,8,10);1,3H,8H2,(H,9,10);1H4. The Morgan fingerprint density at radius 1 is 1.04 bits per heavy atom. The van der Waals surface area contributed by atoms with Crippen molar-refractivity contribution in [1.29, 1.82) is 10.5 Å². The number of hydrogen-bond donors (Lipinski definition) is 3. The van der Waals surface area contributed by atoms with Crippen LogP contribution in [0.25, 0.3) is 0 Å². The highest BCUT2D eigenvalue weighted by Gasteiger charge is 2.11. The molecule has 10 heteroatoms. The van der Waals surface area contributed by atoms with E-state index in [-0.39, 0.29) is 24.2 Å². The first-order chi connectivity index (χ1) is 10.4. The van der Waals surface area contributed by atoms with Gasteiger partial charge in [0.15, 0.2) is 0 Å². The van der Waals surface area contributed by atoms with E-state index >= 15 is 0 Å². The van der Waals surface area contributed by atoms with Gasteiger partial charge in [0.1, 0.15) is 12.1 Å². The first-order valence-electron chi connectivity index (χ1n) is 5.54. The van der Waals surface area contributed by atoms with Crippen molar-refractivity contribution < 1.29 is 4.92 Å². The number of nitro groups is 1. The molecule has 2 rings (SSSR count). The molecule has 10 nitrogen and oxygen atoms in total. The van der Waals surface area contributed by atoms with Gasteiger partial charge >= 0.3 is 11.2 Å². The fourth-order valence-corrected chi connectivity index (χ4v) is 1.24. The predicted molar refractivity (Wildman–Crippen MR) is 81.4 cm³/mol. The highest BCUT2D eigenvalue weighted by atomic mass is 16.6. The summed E-state index contributed by atoms with van der Waals surface area (Å²) >= 11 is 0. The van der Waals surface area contributed by atoms with E-state index in [1.165, 1.54) is 12.3 Å². The molecule has 2 aromatic rings. The van der Waals surface area contributed by atoms with E-state index in [1.807, 2.05) is 6.07 Å². The van der Waals surface area contributed by atoms with E-state index in [0.717, 1.165) is 12.3 Å². The van der Waals surface area contributed by atoms with Gasteiger partial charge in [0, 0.05) is 18.5 Å². The van der Waals surface area contributed by atoms with Crippen molar-refractivity contribution in [3.05, 3.63) is 66.5 Å². The van der Waals surface area contributed by atoms with Crippen LogP contribution in [-0.4, -0.2) is 14.9 Å². The Labute approximate surface area is 129 Å². The highest BCUT2D eigenvalue weighted by Crippen LogP contribution is 2.04. The number of aromatic amines is 2. The maximum atomic E-state index is 10.7. The fourth-order valence-electron chi connectivity index (χ4n) is 1.24. The number of aromatic nitrogens is 2. The van der Waals surface area contributed by atoms with Gasteiger partial charge in [-0.1, -0.05) is 7.43 Å². The van der Waals surface area contributed by atoms with Crippen molar-refractivity contribution in [3.63, 3.8) is 0 Å². The highest BCUT2D eigenvalue weighted by molar-refractivity contribution is 5.41. The minimum atomic E-state index is -0.834. The summed E-state index contributed by atoms with van der Waals surface area (Å²) in [4.78, 5) is 35.0. The van der Waals surface area contributed by atoms with E-state index < -0.39 is 16.2 Å². The van der Waals surface area contributed by atoms with Crippen LogP contribution in [0.3, 0.4) is 0 Å². The first kappa shape index (κ1) is 19.1. The van der Waals surface area contributed by atoms with E-state index in [9.17, 15) is 19.7 Å². The Hall–Kier alpha value is -3.92. The molecule has 0 saturated carbocycles. The third kappa shape index (κ3) is 5.17. The van der Waals surface area contributed by atoms with Crippen molar-refractivity contribution in [2.75, 3.05) is 5.73 Å². The molecule has 0 atom stereocenters. The van der Waals surface area contributed by atoms with Crippen molar-refractivity contribution in [2.45, 2.75) is 7.43 Å². The lowest BCUT2D eigenvalue weighted by atomic mass is 10.3. The van der Waals surface area contributed by atoms with Crippen LogP contribution in [0.5, 0.6) is 0 Å². The lowest BCUT2D eigenvalue weighted by Gasteiger charge is -1.89. The van der Waals surface area contributed by atoms with Crippen molar-refractivity contribution in [2.24, 2.45) is 0 Å². The molecule has 118 valence electrons. The van der Waals surface area contributed by atoms with Gasteiger partial charge in [-0.05, 0) is 6.07 Å². The largest absolute Gasteiger partial charge is 0.394 e. The second kappa shape index (κ2) is 8.39. The number of hydrogen-bond acceptors (Lipinski definition) is 7. The van der Waals surface area contributed by atoms with Crippen LogP contribution >= 0.6 is 0 Å². The van der Waals surface area contributed by atoms with Crippen LogP contribution in [0.4, 0.5) is 11.4 Å². The molecule has 0 bridgehead atoms. The molecule has 0 saturated heterocycles. The zero-order valence-corrected chi connectivity index (χ0v) is 10.9. The number of nitrogens with one attached hydrogen (secondary N) is 2. The smallest absolute Gasteiger partial charge is 0.335 e. The average Bonchev–Trinajstić information content (AvgIpc) is 2.51. The molecule has 0 amide bonds. The summed E-state index contributed by atoms with van der Waals surface area (Å²) in [5, 5.41) is 26.8. The zero-order chi connectivity index (χ0) is 16.7. The molecule has 2 aromatic heterocycles. The van der Waals surface area contributed by atoms with Crippen LogP contribution in [0.2, 0.25) is 0 Å². The van der Waals surface area contributed by atoms with E-state index in [4.69, 9.17) is 16.3 Å².